The number of pyridine rings is 1. The molecule has 4 heteroatoms. The maximum Gasteiger partial charge on any atom is 0.168 e. The van der Waals surface area contributed by atoms with Crippen molar-refractivity contribution in [2.24, 2.45) is 5.92 Å². The van der Waals surface area contributed by atoms with E-state index in [1.165, 1.54) is 57.8 Å². The Morgan fingerprint density at radius 2 is 1.39 bits per heavy atom. The molecule has 1 nitrogen and oxygen atoms in total. The van der Waals surface area contributed by atoms with E-state index in [0.717, 1.165) is 6.54 Å². The Hall–Kier alpha value is 0.330. The highest BCUT2D eigenvalue weighted by Gasteiger charge is 2.06. The zero-order chi connectivity index (χ0) is 14.5. The summed E-state index contributed by atoms with van der Waals surface area (Å²) in [6, 6.07) is 6.27. The Bertz CT molecular complexity index is 344. The van der Waals surface area contributed by atoms with Gasteiger partial charge in [0.1, 0.15) is 6.54 Å². The van der Waals surface area contributed by atoms with E-state index >= 15 is 0 Å². The molecule has 0 saturated carbocycles. The number of allylic oxidation sites excluding steroid dienone is 1. The van der Waals surface area contributed by atoms with Crippen molar-refractivity contribution < 1.29 is 4.57 Å². The number of unbranched alkanes of at least 4 members (excludes halogenated alkanes) is 5. The van der Waals surface area contributed by atoms with Gasteiger partial charge in [-0.15, -0.1) is 57.5 Å². The minimum absolute atomic E-state index is 0. The summed E-state index contributed by atoms with van der Waals surface area (Å²) in [5.74, 6) is 0.713. The van der Waals surface area contributed by atoms with Crippen molar-refractivity contribution >= 4 is 50.9 Å². The molecule has 0 radical (unpaired) electrons. The van der Waals surface area contributed by atoms with Gasteiger partial charge in [0.15, 0.2) is 12.4 Å². The molecular weight excluding hydrogens is 482 g/mol. The summed E-state index contributed by atoms with van der Waals surface area (Å²) in [5.41, 5.74) is 0. The largest absolute Gasteiger partial charge is 0.205 e. The van der Waals surface area contributed by atoms with Crippen LogP contribution in [0, 0.1) is 5.92 Å². The second-order valence-electron chi connectivity index (χ2n) is 5.81. The number of aryl methyl sites for hydroxylation is 1. The van der Waals surface area contributed by atoms with Crippen molar-refractivity contribution in [3.05, 3.63) is 43.2 Å². The van der Waals surface area contributed by atoms with Gasteiger partial charge in [0.2, 0.25) is 0 Å². The molecule has 0 fully saturated rings. The van der Waals surface area contributed by atoms with Gasteiger partial charge in [-0.1, -0.05) is 57.6 Å². The minimum Gasteiger partial charge on any atom is -0.205 e. The summed E-state index contributed by atoms with van der Waals surface area (Å²) in [7, 11) is 0. The fraction of sp³-hybridized carbons (Fsp3) is 0.632. The van der Waals surface area contributed by atoms with Crippen LogP contribution in [0.3, 0.4) is 0 Å². The zero-order valence-corrected chi connectivity index (χ0v) is 19.6. The first-order valence-corrected chi connectivity index (χ1v) is 8.43. The fourth-order valence-corrected chi connectivity index (χ4v) is 2.69. The molecule has 0 aliphatic heterocycles. The predicted molar refractivity (Wildman–Crippen MR) is 119 cm³/mol. The van der Waals surface area contributed by atoms with Crippen LogP contribution in [0.4, 0.5) is 0 Å². The fourth-order valence-electron chi connectivity index (χ4n) is 2.69. The second-order valence-corrected chi connectivity index (χ2v) is 5.81. The molecule has 0 amide bonds. The number of hydrogen-bond donors (Lipinski definition) is 0. The number of halogens is 3. The average molecular weight is 517 g/mol. The molecule has 0 aromatic carbocycles. The molecule has 1 unspecified atom stereocenters. The van der Waals surface area contributed by atoms with Gasteiger partial charge in [0, 0.05) is 18.6 Å². The molecule has 1 rings (SSSR count). The highest BCUT2D eigenvalue weighted by atomic mass is 79.9. The van der Waals surface area contributed by atoms with Gasteiger partial charge in [0.25, 0.3) is 0 Å². The molecular formula is C19H35Br3N+. The van der Waals surface area contributed by atoms with Crippen molar-refractivity contribution in [3.63, 3.8) is 0 Å². The molecule has 0 aliphatic carbocycles. The number of nitrogens with zero attached hydrogens (tertiary/aromatic N) is 1. The summed E-state index contributed by atoms with van der Waals surface area (Å²) in [6.07, 6.45) is 18.7. The Balaban J connectivity index is -0.00000133. The third-order valence-electron chi connectivity index (χ3n) is 4.03. The van der Waals surface area contributed by atoms with E-state index in [-0.39, 0.29) is 50.9 Å². The van der Waals surface area contributed by atoms with E-state index in [2.05, 4.69) is 54.7 Å². The van der Waals surface area contributed by atoms with Gasteiger partial charge >= 0.3 is 0 Å². The number of hydrogen-bond acceptors (Lipinski definition) is 0. The van der Waals surface area contributed by atoms with Crippen molar-refractivity contribution in [2.75, 3.05) is 0 Å². The Labute approximate surface area is 175 Å². The first kappa shape index (κ1) is 28.1. The highest BCUT2D eigenvalue weighted by molar-refractivity contribution is 8.93. The highest BCUT2D eigenvalue weighted by Crippen LogP contribution is 2.17. The van der Waals surface area contributed by atoms with E-state index in [4.69, 9.17) is 0 Å². The van der Waals surface area contributed by atoms with Crippen molar-refractivity contribution in [2.45, 2.75) is 71.3 Å². The van der Waals surface area contributed by atoms with E-state index in [1.807, 2.05) is 0 Å². The third kappa shape index (κ3) is 15.6. The molecule has 0 spiro atoms. The molecule has 0 saturated heterocycles. The van der Waals surface area contributed by atoms with Crippen LogP contribution in [0.15, 0.2) is 43.2 Å². The molecule has 0 N–H and O–H groups in total. The zero-order valence-electron chi connectivity index (χ0n) is 14.5. The van der Waals surface area contributed by atoms with Crippen molar-refractivity contribution in [1.29, 1.82) is 0 Å². The van der Waals surface area contributed by atoms with Crippen LogP contribution in [0.2, 0.25) is 0 Å². The normalized spacial score (nSPS) is 10.7. The van der Waals surface area contributed by atoms with E-state index in [0.29, 0.717) is 5.92 Å². The standard InChI is InChI=1S/C19H32N.3BrH/c1-3-5-6-7-8-10-14-19(4-2)15-13-18-20-16-11-9-12-17-20;;;/h4,9,11-12,16-17,19H,2-3,5-8,10,13-15,18H2,1H3;3*1H/q+1;;;. The van der Waals surface area contributed by atoms with Gasteiger partial charge in [-0.25, -0.2) is 4.57 Å². The number of rotatable bonds is 12. The summed E-state index contributed by atoms with van der Waals surface area (Å²) in [6.45, 7) is 7.41. The van der Waals surface area contributed by atoms with Crippen LogP contribution in [-0.2, 0) is 6.54 Å². The molecule has 0 aliphatic rings. The van der Waals surface area contributed by atoms with Gasteiger partial charge in [-0.3, -0.25) is 0 Å². The van der Waals surface area contributed by atoms with E-state index in [1.54, 1.807) is 0 Å². The van der Waals surface area contributed by atoms with Crippen LogP contribution >= 0.6 is 50.9 Å². The lowest BCUT2D eigenvalue weighted by atomic mass is 9.96. The van der Waals surface area contributed by atoms with Crippen LogP contribution in [0.1, 0.15) is 64.7 Å². The summed E-state index contributed by atoms with van der Waals surface area (Å²) >= 11 is 0. The maximum atomic E-state index is 4.01. The molecule has 1 heterocycles. The molecule has 136 valence electrons. The van der Waals surface area contributed by atoms with Gasteiger partial charge in [-0.2, -0.15) is 0 Å². The second kappa shape index (κ2) is 20.4. The van der Waals surface area contributed by atoms with E-state index in [9.17, 15) is 0 Å². The van der Waals surface area contributed by atoms with E-state index < -0.39 is 0 Å². The lowest BCUT2D eigenvalue weighted by Gasteiger charge is -2.11. The third-order valence-corrected chi connectivity index (χ3v) is 4.03. The summed E-state index contributed by atoms with van der Waals surface area (Å²) in [5, 5.41) is 0. The van der Waals surface area contributed by atoms with Crippen LogP contribution in [-0.4, -0.2) is 0 Å². The van der Waals surface area contributed by atoms with Gasteiger partial charge < -0.3 is 0 Å². The smallest absolute Gasteiger partial charge is 0.168 e. The predicted octanol–water partition coefficient (Wildman–Crippen LogP) is 7.04. The minimum atomic E-state index is 0. The maximum absolute atomic E-state index is 4.01. The van der Waals surface area contributed by atoms with Gasteiger partial charge in [0.05, 0.1) is 0 Å². The molecule has 23 heavy (non-hydrogen) atoms. The first-order valence-electron chi connectivity index (χ1n) is 8.43. The monoisotopic (exact) mass is 514 g/mol. The molecule has 1 aromatic rings. The summed E-state index contributed by atoms with van der Waals surface area (Å²) in [4.78, 5) is 0. The van der Waals surface area contributed by atoms with Crippen LogP contribution in [0.25, 0.3) is 0 Å². The van der Waals surface area contributed by atoms with Crippen LogP contribution < -0.4 is 4.57 Å². The van der Waals surface area contributed by atoms with Crippen molar-refractivity contribution in [1.82, 2.24) is 0 Å². The topological polar surface area (TPSA) is 3.88 Å². The van der Waals surface area contributed by atoms with Gasteiger partial charge in [-0.05, 0) is 18.8 Å². The summed E-state index contributed by atoms with van der Waals surface area (Å²) < 4.78 is 2.27. The van der Waals surface area contributed by atoms with Crippen molar-refractivity contribution in [3.8, 4) is 0 Å². The lowest BCUT2D eigenvalue weighted by molar-refractivity contribution is -0.697. The number of aromatic nitrogens is 1. The Morgan fingerprint density at radius 1 is 0.826 bits per heavy atom. The quantitative estimate of drug-likeness (QED) is 0.159. The molecule has 0 bridgehead atoms. The average Bonchev–Trinajstić information content (AvgIpc) is 2.50. The SMILES string of the molecule is Br.Br.Br.C=CC(CCCCCCCC)CCC[n+]1ccccc1. The lowest BCUT2D eigenvalue weighted by Crippen LogP contribution is -2.32. The first-order chi connectivity index (χ1) is 9.86. The van der Waals surface area contributed by atoms with Crippen LogP contribution in [0.5, 0.6) is 0 Å². The molecule has 1 atom stereocenters. The Kier molecular flexibility index (Phi) is 24.9. The Morgan fingerprint density at radius 3 is 2.00 bits per heavy atom. The molecule has 1 aromatic heterocycles.